The lowest BCUT2D eigenvalue weighted by Crippen LogP contribution is -2.34. The van der Waals surface area contributed by atoms with Crippen LogP contribution in [0.15, 0.2) is 42.5 Å². The molecule has 108 valence electrons. The summed E-state index contributed by atoms with van der Waals surface area (Å²) in [6.45, 7) is 1.75. The van der Waals surface area contributed by atoms with Crippen LogP contribution < -0.4 is 5.32 Å². The topological polar surface area (TPSA) is 79.3 Å². The molecule has 1 atom stereocenters. The molecule has 0 spiro atoms. The van der Waals surface area contributed by atoms with E-state index in [-0.39, 0.29) is 10.7 Å². The molecule has 2 aromatic rings. The third-order valence-corrected chi connectivity index (χ3v) is 3.20. The van der Waals surface area contributed by atoms with Crippen LogP contribution in [0.1, 0.15) is 27.8 Å². The van der Waals surface area contributed by atoms with Crippen molar-refractivity contribution in [3.63, 3.8) is 0 Å². The second-order valence-electron chi connectivity index (χ2n) is 4.43. The van der Waals surface area contributed by atoms with E-state index >= 15 is 0 Å². The van der Waals surface area contributed by atoms with Crippen molar-refractivity contribution in [2.24, 2.45) is 0 Å². The summed E-state index contributed by atoms with van der Waals surface area (Å²) in [6, 6.07) is 10.2. The quantitative estimate of drug-likeness (QED) is 0.910. The molecule has 6 heteroatoms. The van der Waals surface area contributed by atoms with Gasteiger partial charge in [0.05, 0.1) is 0 Å². The van der Waals surface area contributed by atoms with Crippen LogP contribution in [-0.4, -0.2) is 22.0 Å². The molecule has 0 saturated carbocycles. The van der Waals surface area contributed by atoms with Gasteiger partial charge in [-0.1, -0.05) is 35.9 Å². The SMILES string of the molecule is Cc1cccc(C(=O)N[C@@H](C(=O)O)c2ccccc2Cl)n1. The highest BCUT2D eigenvalue weighted by molar-refractivity contribution is 6.31. The zero-order chi connectivity index (χ0) is 15.4. The van der Waals surface area contributed by atoms with Gasteiger partial charge in [0.25, 0.3) is 5.91 Å². The first-order valence-corrected chi connectivity index (χ1v) is 6.58. The van der Waals surface area contributed by atoms with Gasteiger partial charge in [0, 0.05) is 16.3 Å². The summed E-state index contributed by atoms with van der Waals surface area (Å²) in [5, 5.41) is 12.0. The Hall–Kier alpha value is -2.40. The normalized spacial score (nSPS) is 11.7. The third-order valence-electron chi connectivity index (χ3n) is 2.86. The number of aliphatic carboxylic acids is 1. The number of carbonyl (C=O) groups is 2. The molecule has 2 rings (SSSR count). The van der Waals surface area contributed by atoms with Crippen LogP contribution in [0.5, 0.6) is 0 Å². The molecule has 0 bridgehead atoms. The number of hydrogen-bond donors (Lipinski definition) is 2. The number of aromatic nitrogens is 1. The number of aryl methyl sites for hydroxylation is 1. The maximum Gasteiger partial charge on any atom is 0.330 e. The van der Waals surface area contributed by atoms with Crippen LogP contribution >= 0.6 is 11.6 Å². The molecule has 2 N–H and O–H groups in total. The first kappa shape index (κ1) is 15.0. The van der Waals surface area contributed by atoms with Crippen LogP contribution in [0.3, 0.4) is 0 Å². The van der Waals surface area contributed by atoms with Gasteiger partial charge in [0.1, 0.15) is 5.69 Å². The first-order chi connectivity index (χ1) is 9.99. The summed E-state index contributed by atoms with van der Waals surface area (Å²) in [5.74, 6) is -1.75. The monoisotopic (exact) mass is 304 g/mol. The Kier molecular flexibility index (Phi) is 4.55. The second-order valence-corrected chi connectivity index (χ2v) is 4.84. The van der Waals surface area contributed by atoms with Crippen molar-refractivity contribution in [2.45, 2.75) is 13.0 Å². The van der Waals surface area contributed by atoms with Gasteiger partial charge < -0.3 is 10.4 Å². The lowest BCUT2D eigenvalue weighted by Gasteiger charge is -2.16. The predicted octanol–water partition coefficient (Wildman–Crippen LogP) is 2.60. The van der Waals surface area contributed by atoms with Crippen molar-refractivity contribution >= 4 is 23.5 Å². The maximum atomic E-state index is 12.1. The molecule has 1 aromatic heterocycles. The van der Waals surface area contributed by atoms with Crippen LogP contribution in [0.25, 0.3) is 0 Å². The first-order valence-electron chi connectivity index (χ1n) is 6.21. The Morgan fingerprint density at radius 1 is 1.19 bits per heavy atom. The van der Waals surface area contributed by atoms with Crippen LogP contribution in [0.4, 0.5) is 0 Å². The number of nitrogens with zero attached hydrogens (tertiary/aromatic N) is 1. The summed E-state index contributed by atoms with van der Waals surface area (Å²) in [7, 11) is 0. The fraction of sp³-hybridized carbons (Fsp3) is 0.133. The molecule has 1 heterocycles. The fourth-order valence-corrected chi connectivity index (χ4v) is 2.10. The average molecular weight is 305 g/mol. The van der Waals surface area contributed by atoms with Crippen molar-refractivity contribution < 1.29 is 14.7 Å². The van der Waals surface area contributed by atoms with Crippen molar-refractivity contribution in [2.75, 3.05) is 0 Å². The number of carboxylic acid groups (broad SMARTS) is 1. The highest BCUT2D eigenvalue weighted by atomic mass is 35.5. The molecule has 0 fully saturated rings. The number of carboxylic acids is 1. The predicted molar refractivity (Wildman–Crippen MR) is 78.3 cm³/mol. The average Bonchev–Trinajstić information content (AvgIpc) is 2.45. The lowest BCUT2D eigenvalue weighted by atomic mass is 10.1. The summed E-state index contributed by atoms with van der Waals surface area (Å²) < 4.78 is 0. The van der Waals surface area contributed by atoms with Gasteiger partial charge in [0.15, 0.2) is 6.04 Å². The summed E-state index contributed by atoms with van der Waals surface area (Å²) in [6.07, 6.45) is 0. The number of halogens is 1. The van der Waals surface area contributed by atoms with Gasteiger partial charge in [-0.05, 0) is 25.1 Å². The minimum Gasteiger partial charge on any atom is -0.479 e. The summed E-state index contributed by atoms with van der Waals surface area (Å²) in [5.41, 5.74) is 1.16. The molecule has 0 radical (unpaired) electrons. The molecule has 0 aliphatic rings. The Balaban J connectivity index is 2.27. The highest BCUT2D eigenvalue weighted by Crippen LogP contribution is 2.23. The summed E-state index contributed by atoms with van der Waals surface area (Å²) in [4.78, 5) is 27.6. The third kappa shape index (κ3) is 3.58. The molecular formula is C15H13ClN2O3. The second kappa shape index (κ2) is 6.37. The van der Waals surface area contributed by atoms with E-state index in [2.05, 4.69) is 10.3 Å². The number of benzene rings is 1. The van der Waals surface area contributed by atoms with Gasteiger partial charge in [-0.3, -0.25) is 4.79 Å². The Morgan fingerprint density at radius 2 is 1.90 bits per heavy atom. The molecule has 21 heavy (non-hydrogen) atoms. The molecule has 1 amide bonds. The van der Waals surface area contributed by atoms with Gasteiger partial charge in [0.2, 0.25) is 0 Å². The number of pyridine rings is 1. The Labute approximate surface area is 126 Å². The highest BCUT2D eigenvalue weighted by Gasteiger charge is 2.25. The lowest BCUT2D eigenvalue weighted by molar-refractivity contribution is -0.139. The van der Waals surface area contributed by atoms with Gasteiger partial charge >= 0.3 is 5.97 Å². The smallest absolute Gasteiger partial charge is 0.330 e. The van der Waals surface area contributed by atoms with Crippen molar-refractivity contribution in [1.82, 2.24) is 10.3 Å². The minimum absolute atomic E-state index is 0.160. The zero-order valence-electron chi connectivity index (χ0n) is 11.2. The molecule has 0 unspecified atom stereocenters. The van der Waals surface area contributed by atoms with E-state index in [0.29, 0.717) is 11.3 Å². The number of nitrogens with one attached hydrogen (secondary N) is 1. The van der Waals surface area contributed by atoms with E-state index in [1.54, 1.807) is 43.3 Å². The summed E-state index contributed by atoms with van der Waals surface area (Å²) >= 11 is 5.99. The Bertz CT molecular complexity index is 688. The van der Waals surface area contributed by atoms with Crippen LogP contribution in [0.2, 0.25) is 5.02 Å². The number of amides is 1. The van der Waals surface area contributed by atoms with Gasteiger partial charge in [-0.2, -0.15) is 0 Å². The van der Waals surface area contributed by atoms with E-state index in [1.807, 2.05) is 0 Å². The van der Waals surface area contributed by atoms with Crippen molar-refractivity contribution in [1.29, 1.82) is 0 Å². The van der Waals surface area contributed by atoms with E-state index in [0.717, 1.165) is 0 Å². The maximum absolute atomic E-state index is 12.1. The molecule has 1 aromatic carbocycles. The molecule has 0 saturated heterocycles. The standard InChI is InChI=1S/C15H13ClN2O3/c1-9-5-4-8-12(17-9)14(19)18-13(15(20)21)10-6-2-3-7-11(10)16/h2-8,13H,1H3,(H,18,19)(H,20,21)/t13-/m1/s1. The van der Waals surface area contributed by atoms with E-state index in [9.17, 15) is 14.7 Å². The van der Waals surface area contributed by atoms with Gasteiger partial charge in [-0.25, -0.2) is 9.78 Å². The molecule has 0 aliphatic carbocycles. The zero-order valence-corrected chi connectivity index (χ0v) is 12.0. The number of hydrogen-bond acceptors (Lipinski definition) is 3. The minimum atomic E-state index is -1.23. The molecule has 5 nitrogen and oxygen atoms in total. The van der Waals surface area contributed by atoms with Crippen LogP contribution in [0, 0.1) is 6.92 Å². The van der Waals surface area contributed by atoms with Crippen molar-refractivity contribution in [3.05, 3.63) is 64.4 Å². The van der Waals surface area contributed by atoms with E-state index in [4.69, 9.17) is 11.6 Å². The fourth-order valence-electron chi connectivity index (χ4n) is 1.86. The number of rotatable bonds is 4. The number of carbonyl (C=O) groups excluding carboxylic acids is 1. The largest absolute Gasteiger partial charge is 0.479 e. The Morgan fingerprint density at radius 3 is 2.52 bits per heavy atom. The van der Waals surface area contributed by atoms with Crippen LogP contribution in [-0.2, 0) is 4.79 Å². The van der Waals surface area contributed by atoms with Crippen molar-refractivity contribution in [3.8, 4) is 0 Å². The van der Waals surface area contributed by atoms with E-state index in [1.165, 1.54) is 6.07 Å². The molecule has 0 aliphatic heterocycles. The van der Waals surface area contributed by atoms with Gasteiger partial charge in [-0.15, -0.1) is 0 Å². The molecular weight excluding hydrogens is 292 g/mol. The van der Waals surface area contributed by atoms with E-state index < -0.39 is 17.9 Å².